The van der Waals surface area contributed by atoms with Gasteiger partial charge in [0, 0.05) is 29.9 Å². The van der Waals surface area contributed by atoms with Gasteiger partial charge in [-0.25, -0.2) is 19.4 Å². The Hall–Kier alpha value is -7.29. The van der Waals surface area contributed by atoms with E-state index in [1.165, 1.54) is 0 Å². The summed E-state index contributed by atoms with van der Waals surface area (Å²) in [7, 11) is 0. The van der Waals surface area contributed by atoms with E-state index < -0.39 is 123 Å². The van der Waals surface area contributed by atoms with Gasteiger partial charge in [-0.2, -0.15) is 74.6 Å². The van der Waals surface area contributed by atoms with Crippen molar-refractivity contribution >= 4 is 46.9 Å². The number of anilines is 2. The summed E-state index contributed by atoms with van der Waals surface area (Å²) in [4.78, 5) is 75.6. The van der Waals surface area contributed by atoms with Crippen molar-refractivity contribution in [3.05, 3.63) is 108 Å². The van der Waals surface area contributed by atoms with E-state index in [4.69, 9.17) is 4.74 Å². The molecule has 11 nitrogen and oxygen atoms in total. The van der Waals surface area contributed by atoms with Crippen LogP contribution in [-0.2, 0) is 19.2 Å². The Balaban J connectivity index is 1.60. The number of carbonyl (C=O) groups is 6. The van der Waals surface area contributed by atoms with Crippen molar-refractivity contribution in [3.63, 3.8) is 0 Å². The summed E-state index contributed by atoms with van der Waals surface area (Å²) in [5, 5.41) is 10.0. The van der Waals surface area contributed by atoms with Crippen LogP contribution in [0.5, 0.6) is 11.5 Å². The normalized spacial score (nSPS) is 15.8. The van der Waals surface area contributed by atoms with Crippen LogP contribution in [0.25, 0.3) is 11.1 Å². The number of esters is 1. The SMILES string of the molecule is O=C(O)c1cc(OC(F)=C(F)C(F)(F)C(F)(F)C(F)(F)C(F)(F)C(F)(F)C(F)(F)C(F)(F)F)cc(C(=O)Oc2ccc(N3C(=O)C=CC3=O)cc2)c1-c1ccc(N2C(=O)C=CC2=O)cc1. The van der Waals surface area contributed by atoms with Crippen LogP contribution >= 0.6 is 0 Å². The number of hydrogen-bond donors (Lipinski definition) is 1. The van der Waals surface area contributed by atoms with Gasteiger partial charge < -0.3 is 14.6 Å². The number of halogens is 17. The van der Waals surface area contributed by atoms with E-state index in [1.54, 1.807) is 0 Å². The molecule has 0 radical (unpaired) electrons. The van der Waals surface area contributed by atoms with Crippen molar-refractivity contribution in [1.82, 2.24) is 0 Å². The van der Waals surface area contributed by atoms with Crippen molar-refractivity contribution in [1.29, 1.82) is 0 Å². The van der Waals surface area contributed by atoms with Gasteiger partial charge in [0.1, 0.15) is 11.5 Å². The largest absolute Gasteiger partial charge is 0.478 e. The van der Waals surface area contributed by atoms with Gasteiger partial charge in [0.25, 0.3) is 23.6 Å². The molecule has 2 aliphatic rings. The van der Waals surface area contributed by atoms with Gasteiger partial charge in [-0.1, -0.05) is 12.1 Å². The maximum absolute atomic E-state index is 14.9. The van der Waals surface area contributed by atoms with E-state index in [1.807, 2.05) is 0 Å². The average Bonchev–Trinajstić information content (AvgIpc) is 3.74. The molecule has 0 atom stereocenters. The Labute approximate surface area is 347 Å². The maximum atomic E-state index is 14.9. The quantitative estimate of drug-likeness (QED) is 0.0550. The molecule has 65 heavy (non-hydrogen) atoms. The first-order chi connectivity index (χ1) is 29.6. The molecule has 2 aliphatic heterocycles. The number of nitrogens with zero attached hydrogens (tertiary/aromatic N) is 2. The van der Waals surface area contributed by atoms with E-state index in [0.717, 1.165) is 72.8 Å². The lowest BCUT2D eigenvalue weighted by molar-refractivity contribution is -0.451. The molecule has 0 fully saturated rings. The number of ether oxygens (including phenoxy) is 2. The van der Waals surface area contributed by atoms with Crippen molar-refractivity contribution < 1.29 is 118 Å². The van der Waals surface area contributed by atoms with Gasteiger partial charge in [0.15, 0.2) is 0 Å². The number of carboxylic acids is 1. The topological polar surface area (TPSA) is 148 Å². The fourth-order valence-electron chi connectivity index (χ4n) is 5.60. The highest BCUT2D eigenvalue weighted by atomic mass is 19.4. The third-order valence-corrected chi connectivity index (χ3v) is 8.88. The van der Waals surface area contributed by atoms with E-state index >= 15 is 0 Å². The highest BCUT2D eigenvalue weighted by Gasteiger charge is 2.94. The minimum absolute atomic E-state index is 0.0294. The fourth-order valence-corrected chi connectivity index (χ4v) is 5.60. The highest BCUT2D eigenvalue weighted by Crippen LogP contribution is 2.63. The number of amides is 4. The van der Waals surface area contributed by atoms with Crippen LogP contribution in [0.1, 0.15) is 20.7 Å². The van der Waals surface area contributed by atoms with Crippen LogP contribution in [0.15, 0.2) is 96.8 Å². The van der Waals surface area contributed by atoms with Crippen LogP contribution in [0.4, 0.5) is 86.0 Å². The summed E-state index contributed by atoms with van der Waals surface area (Å²) >= 11 is 0. The monoisotopic (exact) mass is 954 g/mol. The summed E-state index contributed by atoms with van der Waals surface area (Å²) in [6, 6.07) is 3.62. The lowest BCUT2D eigenvalue weighted by Crippen LogP contribution is -2.72. The van der Waals surface area contributed by atoms with E-state index in [9.17, 15) is 109 Å². The van der Waals surface area contributed by atoms with Crippen LogP contribution in [0.2, 0.25) is 0 Å². The lowest BCUT2D eigenvalue weighted by Gasteiger charge is -2.41. The minimum Gasteiger partial charge on any atom is -0.478 e. The predicted molar refractivity (Wildman–Crippen MR) is 179 cm³/mol. The molecule has 0 aromatic heterocycles. The number of allylic oxidation sites excluding steroid dienone is 1. The molecule has 346 valence electrons. The summed E-state index contributed by atoms with van der Waals surface area (Å²) in [6.07, 6.45) is -4.47. The first-order valence-corrected chi connectivity index (χ1v) is 16.7. The molecular weight excluding hydrogens is 939 g/mol. The van der Waals surface area contributed by atoms with Crippen molar-refractivity contribution in [2.24, 2.45) is 0 Å². The zero-order chi connectivity index (χ0) is 49.2. The molecule has 0 unspecified atom stereocenters. The molecule has 2 heterocycles. The number of hydrogen-bond acceptors (Lipinski definition) is 8. The Morgan fingerprint density at radius 2 is 0.877 bits per heavy atom. The fraction of sp³-hybridized carbons (Fsp3) is 0.189. The summed E-state index contributed by atoms with van der Waals surface area (Å²) in [6.45, 7) is 0. The van der Waals surface area contributed by atoms with E-state index in [-0.39, 0.29) is 23.5 Å². The number of imide groups is 2. The van der Waals surface area contributed by atoms with Gasteiger partial charge in [0.2, 0.25) is 5.83 Å². The Morgan fingerprint density at radius 1 is 0.492 bits per heavy atom. The smallest absolute Gasteiger partial charge is 0.460 e. The second kappa shape index (κ2) is 16.1. The van der Waals surface area contributed by atoms with Crippen LogP contribution in [-0.4, -0.2) is 82.4 Å². The lowest BCUT2D eigenvalue weighted by atomic mass is 9.90. The molecule has 4 amide bonds. The standard InChI is InChI=1S/C37H15F17N2O9/c38-27(31(40,41)32(42,43)33(44,45)34(46,47)35(48,49)36(50,51)37(52,53)54)28(39)64-19-13-20(29(61)62)26(15-1-3-16(4-2-15)55-22(57)9-10-23(55)58)21(14-19)30(63)65-18-7-5-17(6-8-18)56-24(59)11-12-25(56)60/h1-14H,(H,61,62). The molecule has 0 spiro atoms. The summed E-state index contributed by atoms with van der Waals surface area (Å²) < 4.78 is 244. The molecule has 0 saturated heterocycles. The van der Waals surface area contributed by atoms with Gasteiger partial charge >= 0.3 is 59.7 Å². The van der Waals surface area contributed by atoms with Crippen molar-refractivity contribution in [2.45, 2.75) is 41.7 Å². The molecular formula is C37H15F17N2O9. The average molecular weight is 954 g/mol. The molecule has 0 saturated carbocycles. The number of alkyl halides is 15. The Bertz CT molecular complexity index is 2570. The van der Waals surface area contributed by atoms with Crippen molar-refractivity contribution in [2.75, 3.05) is 9.80 Å². The third-order valence-electron chi connectivity index (χ3n) is 8.88. The van der Waals surface area contributed by atoms with Crippen LogP contribution in [0, 0.1) is 0 Å². The number of rotatable bonds is 14. The minimum atomic E-state index is -8.86. The molecule has 28 heteroatoms. The molecule has 3 aromatic carbocycles. The number of carboxylic acid groups (broad SMARTS) is 1. The zero-order valence-electron chi connectivity index (χ0n) is 30.6. The van der Waals surface area contributed by atoms with E-state index in [0.29, 0.717) is 9.80 Å². The molecule has 5 rings (SSSR count). The van der Waals surface area contributed by atoms with Gasteiger partial charge in [-0.05, 0) is 54.1 Å². The second-order valence-corrected chi connectivity index (χ2v) is 13.0. The summed E-state index contributed by atoms with van der Waals surface area (Å²) in [5.41, 5.74) is -4.20. The molecule has 1 N–H and O–H groups in total. The number of aromatic carboxylic acids is 1. The zero-order valence-corrected chi connectivity index (χ0v) is 30.6. The molecule has 0 aliphatic carbocycles. The maximum Gasteiger partial charge on any atom is 0.460 e. The number of carbonyl (C=O) groups excluding carboxylic acids is 5. The molecule has 3 aromatic rings. The predicted octanol–water partition coefficient (Wildman–Crippen LogP) is 8.99. The third kappa shape index (κ3) is 7.89. The van der Waals surface area contributed by atoms with E-state index in [2.05, 4.69) is 4.74 Å². The highest BCUT2D eigenvalue weighted by molar-refractivity contribution is 6.28. The van der Waals surface area contributed by atoms with Crippen LogP contribution < -0.4 is 19.3 Å². The van der Waals surface area contributed by atoms with Gasteiger partial charge in [-0.15, -0.1) is 0 Å². The van der Waals surface area contributed by atoms with Gasteiger partial charge in [-0.3, -0.25) is 19.2 Å². The van der Waals surface area contributed by atoms with Gasteiger partial charge in [0.05, 0.1) is 22.5 Å². The van der Waals surface area contributed by atoms with Crippen molar-refractivity contribution in [3.8, 4) is 22.6 Å². The first kappa shape index (κ1) is 48.7. The number of benzene rings is 3. The van der Waals surface area contributed by atoms with Crippen LogP contribution in [0.3, 0.4) is 0 Å². The Kier molecular flexibility index (Phi) is 12.0. The molecule has 0 bridgehead atoms. The Morgan fingerprint density at radius 3 is 1.29 bits per heavy atom. The second-order valence-electron chi connectivity index (χ2n) is 13.0. The first-order valence-electron chi connectivity index (χ1n) is 16.7. The summed E-state index contributed by atoms with van der Waals surface area (Å²) in [5.74, 6) is -65.8.